The Morgan fingerprint density at radius 2 is 2.25 bits per heavy atom. The first kappa shape index (κ1) is 10.3. The van der Waals surface area contributed by atoms with Crippen LogP contribution in [0.25, 0.3) is 0 Å². The molecule has 0 heterocycles. The zero-order valence-corrected chi connectivity index (χ0v) is 10.6. The van der Waals surface area contributed by atoms with Gasteiger partial charge in [-0.1, -0.05) is 44.6 Å². The van der Waals surface area contributed by atoms with Crippen LogP contribution in [0.2, 0.25) is 0 Å². The molecule has 1 aromatic rings. The molecule has 1 aromatic carbocycles. The summed E-state index contributed by atoms with van der Waals surface area (Å²) in [6.07, 6.45) is 1.07. The zero-order valence-electron chi connectivity index (χ0n) is 6.81. The molecule has 66 valence electrons. The minimum absolute atomic E-state index is 0.973. The van der Waals surface area contributed by atoms with Gasteiger partial charge in [-0.05, 0) is 24.1 Å². The SMILES string of the molecule is COc1cc(Br)ccc1CCI. The van der Waals surface area contributed by atoms with Gasteiger partial charge in [-0.25, -0.2) is 0 Å². The van der Waals surface area contributed by atoms with Crippen LogP contribution in [0.5, 0.6) is 5.75 Å². The van der Waals surface area contributed by atoms with Gasteiger partial charge in [0, 0.05) is 8.90 Å². The van der Waals surface area contributed by atoms with Crippen molar-refractivity contribution in [3.63, 3.8) is 0 Å². The van der Waals surface area contributed by atoms with Gasteiger partial charge in [-0.15, -0.1) is 0 Å². The van der Waals surface area contributed by atoms with Crippen molar-refractivity contribution in [3.05, 3.63) is 28.2 Å². The van der Waals surface area contributed by atoms with Gasteiger partial charge in [0.25, 0.3) is 0 Å². The molecular weight excluding hydrogens is 331 g/mol. The average molecular weight is 341 g/mol. The van der Waals surface area contributed by atoms with E-state index in [9.17, 15) is 0 Å². The van der Waals surface area contributed by atoms with Crippen LogP contribution >= 0.6 is 38.5 Å². The first-order valence-electron chi connectivity index (χ1n) is 3.66. The second-order valence-electron chi connectivity index (χ2n) is 2.40. The number of hydrogen-bond donors (Lipinski definition) is 0. The van der Waals surface area contributed by atoms with E-state index in [1.807, 2.05) is 12.1 Å². The monoisotopic (exact) mass is 340 g/mol. The summed E-state index contributed by atoms with van der Waals surface area (Å²) in [7, 11) is 1.71. The summed E-state index contributed by atoms with van der Waals surface area (Å²) < 4.78 is 7.43. The molecule has 3 heteroatoms. The first-order chi connectivity index (χ1) is 5.77. The van der Waals surface area contributed by atoms with E-state index >= 15 is 0 Å². The number of hydrogen-bond acceptors (Lipinski definition) is 1. The van der Waals surface area contributed by atoms with E-state index in [0.29, 0.717) is 0 Å². The second kappa shape index (κ2) is 5.07. The molecule has 0 aliphatic heterocycles. The first-order valence-corrected chi connectivity index (χ1v) is 5.98. The Morgan fingerprint density at radius 1 is 1.50 bits per heavy atom. The standard InChI is InChI=1S/C9H10BrIO/c1-12-9-6-8(10)3-2-7(9)4-5-11/h2-3,6H,4-5H2,1H3. The van der Waals surface area contributed by atoms with E-state index in [0.717, 1.165) is 21.1 Å². The highest BCUT2D eigenvalue weighted by molar-refractivity contribution is 14.1. The van der Waals surface area contributed by atoms with Crippen molar-refractivity contribution < 1.29 is 4.74 Å². The maximum Gasteiger partial charge on any atom is 0.123 e. The molecule has 0 radical (unpaired) electrons. The van der Waals surface area contributed by atoms with E-state index in [-0.39, 0.29) is 0 Å². The zero-order chi connectivity index (χ0) is 8.97. The third-order valence-electron chi connectivity index (χ3n) is 1.61. The lowest BCUT2D eigenvalue weighted by Gasteiger charge is -2.06. The molecule has 0 spiro atoms. The highest BCUT2D eigenvalue weighted by Crippen LogP contribution is 2.24. The molecule has 0 unspecified atom stereocenters. The van der Waals surface area contributed by atoms with Crippen molar-refractivity contribution in [2.45, 2.75) is 6.42 Å². The number of rotatable bonds is 3. The summed E-state index contributed by atoms with van der Waals surface area (Å²) in [5.41, 5.74) is 1.27. The second-order valence-corrected chi connectivity index (χ2v) is 4.39. The summed E-state index contributed by atoms with van der Waals surface area (Å²) in [6.45, 7) is 0. The van der Waals surface area contributed by atoms with E-state index in [1.165, 1.54) is 5.56 Å². The van der Waals surface area contributed by atoms with Gasteiger partial charge in [0.1, 0.15) is 5.75 Å². The fraction of sp³-hybridized carbons (Fsp3) is 0.333. The van der Waals surface area contributed by atoms with Crippen LogP contribution in [0.1, 0.15) is 5.56 Å². The quantitative estimate of drug-likeness (QED) is 0.605. The molecule has 0 amide bonds. The van der Waals surface area contributed by atoms with Gasteiger partial charge in [-0.3, -0.25) is 0 Å². The number of ether oxygens (including phenoxy) is 1. The molecule has 0 fully saturated rings. The molecule has 12 heavy (non-hydrogen) atoms. The molecule has 1 nitrogen and oxygen atoms in total. The molecule has 0 aliphatic carbocycles. The lowest BCUT2D eigenvalue weighted by atomic mass is 10.1. The van der Waals surface area contributed by atoms with Crippen molar-refractivity contribution in [3.8, 4) is 5.75 Å². The minimum Gasteiger partial charge on any atom is -0.496 e. The highest BCUT2D eigenvalue weighted by Gasteiger charge is 2.01. The number of aryl methyl sites for hydroxylation is 1. The van der Waals surface area contributed by atoms with E-state index in [2.05, 4.69) is 44.6 Å². The van der Waals surface area contributed by atoms with Gasteiger partial charge in [0.15, 0.2) is 0 Å². The van der Waals surface area contributed by atoms with Gasteiger partial charge >= 0.3 is 0 Å². The molecule has 0 aliphatic rings. The van der Waals surface area contributed by atoms with Crippen molar-refractivity contribution in [1.82, 2.24) is 0 Å². The fourth-order valence-corrected chi connectivity index (χ4v) is 1.95. The van der Waals surface area contributed by atoms with Crippen LogP contribution in [0.3, 0.4) is 0 Å². The Labute approximate surface area is 94.8 Å². The molecule has 0 saturated carbocycles. The molecular formula is C9H10BrIO. The van der Waals surface area contributed by atoms with Gasteiger partial charge in [0.05, 0.1) is 7.11 Å². The van der Waals surface area contributed by atoms with Gasteiger partial charge < -0.3 is 4.74 Å². The molecule has 0 aromatic heterocycles. The minimum atomic E-state index is 0.973. The third-order valence-corrected chi connectivity index (χ3v) is 2.65. The Morgan fingerprint density at radius 3 is 2.83 bits per heavy atom. The van der Waals surface area contributed by atoms with Crippen LogP contribution in [0.4, 0.5) is 0 Å². The average Bonchev–Trinajstić information content (AvgIpc) is 2.08. The molecule has 1 rings (SSSR count). The predicted molar refractivity (Wildman–Crippen MR) is 63.3 cm³/mol. The lowest BCUT2D eigenvalue weighted by Crippen LogP contribution is -1.92. The molecule has 0 saturated heterocycles. The molecule has 0 atom stereocenters. The van der Waals surface area contributed by atoms with Crippen molar-refractivity contribution in [2.24, 2.45) is 0 Å². The Bertz CT molecular complexity index is 263. The topological polar surface area (TPSA) is 9.23 Å². The predicted octanol–water partition coefficient (Wildman–Crippen LogP) is 3.44. The van der Waals surface area contributed by atoms with E-state index in [4.69, 9.17) is 4.74 Å². The summed E-state index contributed by atoms with van der Waals surface area (Å²) >= 11 is 5.77. The van der Waals surface area contributed by atoms with Crippen molar-refractivity contribution >= 4 is 38.5 Å². The van der Waals surface area contributed by atoms with Crippen LogP contribution in [-0.2, 0) is 6.42 Å². The maximum absolute atomic E-state index is 5.25. The summed E-state index contributed by atoms with van der Waals surface area (Å²) in [5.74, 6) is 0.973. The van der Waals surface area contributed by atoms with Crippen LogP contribution in [0.15, 0.2) is 22.7 Å². The van der Waals surface area contributed by atoms with E-state index in [1.54, 1.807) is 7.11 Å². The third kappa shape index (κ3) is 2.62. The molecule has 0 N–H and O–H groups in total. The van der Waals surface area contributed by atoms with Crippen LogP contribution < -0.4 is 4.74 Å². The number of methoxy groups -OCH3 is 1. The smallest absolute Gasteiger partial charge is 0.123 e. The normalized spacial score (nSPS) is 9.92. The van der Waals surface area contributed by atoms with Crippen LogP contribution in [0, 0.1) is 0 Å². The summed E-state index contributed by atoms with van der Waals surface area (Å²) in [4.78, 5) is 0. The number of alkyl halides is 1. The van der Waals surface area contributed by atoms with E-state index < -0.39 is 0 Å². The maximum atomic E-state index is 5.25. The largest absolute Gasteiger partial charge is 0.496 e. The molecule has 0 bridgehead atoms. The Kier molecular flexibility index (Phi) is 4.35. The summed E-state index contributed by atoms with van der Waals surface area (Å²) in [6, 6.07) is 6.15. The Balaban J connectivity index is 2.94. The van der Waals surface area contributed by atoms with Crippen molar-refractivity contribution in [1.29, 1.82) is 0 Å². The summed E-state index contributed by atoms with van der Waals surface area (Å²) in [5, 5.41) is 0. The fourth-order valence-electron chi connectivity index (χ4n) is 1.03. The van der Waals surface area contributed by atoms with Gasteiger partial charge in [0.2, 0.25) is 0 Å². The Hall–Kier alpha value is 0.230. The lowest BCUT2D eigenvalue weighted by molar-refractivity contribution is 0.410. The van der Waals surface area contributed by atoms with Crippen LogP contribution in [-0.4, -0.2) is 11.5 Å². The number of benzene rings is 1. The number of halogens is 2. The van der Waals surface area contributed by atoms with Crippen molar-refractivity contribution in [2.75, 3.05) is 11.5 Å². The van der Waals surface area contributed by atoms with Gasteiger partial charge in [-0.2, -0.15) is 0 Å². The highest BCUT2D eigenvalue weighted by atomic mass is 127.